The maximum atomic E-state index is 12.2. The number of hydrogen-bond donors (Lipinski definition) is 3. The Bertz CT molecular complexity index is 750. The second kappa shape index (κ2) is 8.93. The van der Waals surface area contributed by atoms with E-state index in [2.05, 4.69) is 16.6 Å². The predicted molar refractivity (Wildman–Crippen MR) is 96.4 cm³/mol. The third kappa shape index (κ3) is 6.95. The van der Waals surface area contributed by atoms with E-state index in [9.17, 15) is 18.0 Å². The second-order valence-electron chi connectivity index (χ2n) is 6.57. The summed E-state index contributed by atoms with van der Waals surface area (Å²) in [7, 11) is -3.72. The fraction of sp³-hybridized carbons (Fsp3) is 0.412. The first-order valence-electron chi connectivity index (χ1n) is 7.82. The van der Waals surface area contributed by atoms with Gasteiger partial charge in [0.1, 0.15) is 0 Å². The van der Waals surface area contributed by atoms with Gasteiger partial charge in [-0.25, -0.2) is 17.9 Å². The summed E-state index contributed by atoms with van der Waals surface area (Å²) in [4.78, 5) is 23.3. The molecule has 0 saturated heterocycles. The maximum absolute atomic E-state index is 12.2. The normalized spacial score (nSPS) is 13.0. The predicted octanol–water partition coefficient (Wildman–Crippen LogP) is 1.15. The lowest BCUT2D eigenvalue weighted by atomic mass is 10.1. The van der Waals surface area contributed by atoms with E-state index < -0.39 is 33.5 Å². The number of carboxylic acids is 1. The van der Waals surface area contributed by atoms with Gasteiger partial charge in [-0.3, -0.25) is 4.79 Å². The van der Waals surface area contributed by atoms with Gasteiger partial charge in [-0.1, -0.05) is 6.08 Å². The standard InChI is InChI=1S/C17H24N2O6S/c1-5-10-25-11-14(16(21)22)18-15(20)12-6-8-13(9-7-12)26(23,24)19-17(2,3)4/h5-9,14,19H,1,10-11H2,2-4H3,(H,18,20)(H,21,22). The van der Waals surface area contributed by atoms with Crippen LogP contribution in [0, 0.1) is 0 Å². The highest BCUT2D eigenvalue weighted by Crippen LogP contribution is 2.14. The van der Waals surface area contributed by atoms with Gasteiger partial charge in [0.25, 0.3) is 5.91 Å². The zero-order valence-corrected chi connectivity index (χ0v) is 15.8. The monoisotopic (exact) mass is 384 g/mol. The van der Waals surface area contributed by atoms with Crippen LogP contribution in [0.5, 0.6) is 0 Å². The number of rotatable bonds is 9. The lowest BCUT2D eigenvalue weighted by Crippen LogP contribution is -2.44. The summed E-state index contributed by atoms with van der Waals surface area (Å²) in [6.07, 6.45) is 1.46. The molecule has 0 bridgehead atoms. The van der Waals surface area contributed by atoms with Gasteiger partial charge in [0.2, 0.25) is 10.0 Å². The average Bonchev–Trinajstić information content (AvgIpc) is 2.51. The largest absolute Gasteiger partial charge is 0.480 e. The Hall–Kier alpha value is -2.23. The lowest BCUT2D eigenvalue weighted by Gasteiger charge is -2.20. The molecule has 1 rings (SSSR count). The van der Waals surface area contributed by atoms with Crippen molar-refractivity contribution in [3.05, 3.63) is 42.5 Å². The van der Waals surface area contributed by atoms with Crippen LogP contribution < -0.4 is 10.0 Å². The van der Waals surface area contributed by atoms with Crippen LogP contribution in [0.25, 0.3) is 0 Å². The fourth-order valence-corrected chi connectivity index (χ4v) is 3.35. The lowest BCUT2D eigenvalue weighted by molar-refractivity contribution is -0.140. The number of benzene rings is 1. The molecule has 0 fully saturated rings. The molecule has 144 valence electrons. The first-order valence-corrected chi connectivity index (χ1v) is 9.31. The fourth-order valence-electron chi connectivity index (χ4n) is 1.93. The molecule has 0 radical (unpaired) electrons. The molecule has 0 heterocycles. The van der Waals surface area contributed by atoms with Gasteiger partial charge < -0.3 is 15.2 Å². The topological polar surface area (TPSA) is 122 Å². The first kappa shape index (κ1) is 21.8. The second-order valence-corrected chi connectivity index (χ2v) is 8.25. The minimum absolute atomic E-state index is 0.00748. The third-order valence-electron chi connectivity index (χ3n) is 2.99. The summed E-state index contributed by atoms with van der Waals surface area (Å²) in [5.74, 6) is -1.89. The van der Waals surface area contributed by atoms with E-state index in [1.807, 2.05) is 0 Å². The molecule has 0 aliphatic rings. The van der Waals surface area contributed by atoms with Gasteiger partial charge in [0, 0.05) is 11.1 Å². The maximum Gasteiger partial charge on any atom is 0.328 e. The van der Waals surface area contributed by atoms with Crippen LogP contribution in [0.2, 0.25) is 0 Å². The number of carbonyl (C=O) groups is 2. The van der Waals surface area contributed by atoms with Gasteiger partial charge in [-0.05, 0) is 45.0 Å². The molecule has 0 aliphatic heterocycles. The molecule has 0 saturated carbocycles. The Morgan fingerprint density at radius 2 is 1.85 bits per heavy atom. The number of nitrogens with one attached hydrogen (secondary N) is 2. The van der Waals surface area contributed by atoms with Crippen LogP contribution in [0.4, 0.5) is 0 Å². The van der Waals surface area contributed by atoms with Crippen molar-refractivity contribution in [2.45, 2.75) is 37.2 Å². The summed E-state index contributed by atoms with van der Waals surface area (Å²) >= 11 is 0. The Morgan fingerprint density at radius 1 is 1.27 bits per heavy atom. The quantitative estimate of drug-likeness (QED) is 0.434. The molecule has 1 aromatic rings. The third-order valence-corrected chi connectivity index (χ3v) is 4.76. The van der Waals surface area contributed by atoms with Gasteiger partial charge in [-0.15, -0.1) is 6.58 Å². The molecule has 26 heavy (non-hydrogen) atoms. The van der Waals surface area contributed by atoms with Crippen molar-refractivity contribution >= 4 is 21.9 Å². The molecule has 0 spiro atoms. The molecule has 1 unspecified atom stereocenters. The van der Waals surface area contributed by atoms with Crippen LogP contribution in [-0.2, 0) is 19.6 Å². The SMILES string of the molecule is C=CCOCC(NC(=O)c1ccc(S(=O)(=O)NC(C)(C)C)cc1)C(=O)O. The van der Waals surface area contributed by atoms with Crippen molar-refractivity contribution < 1.29 is 27.9 Å². The summed E-state index contributed by atoms with van der Waals surface area (Å²) in [6.45, 7) is 8.54. The molecule has 0 aromatic heterocycles. The van der Waals surface area contributed by atoms with E-state index in [-0.39, 0.29) is 23.7 Å². The minimum Gasteiger partial charge on any atom is -0.480 e. The molecule has 1 aromatic carbocycles. The van der Waals surface area contributed by atoms with Crippen molar-refractivity contribution in [2.24, 2.45) is 0 Å². The van der Waals surface area contributed by atoms with Crippen molar-refractivity contribution in [2.75, 3.05) is 13.2 Å². The highest BCUT2D eigenvalue weighted by Gasteiger charge is 2.23. The summed E-state index contributed by atoms with van der Waals surface area (Å²) in [6, 6.07) is 3.97. The molecule has 1 amide bonds. The van der Waals surface area contributed by atoms with Crippen LogP contribution in [0.15, 0.2) is 41.8 Å². The molecule has 9 heteroatoms. The molecule has 0 aliphatic carbocycles. The molecule has 3 N–H and O–H groups in total. The van der Waals surface area contributed by atoms with Crippen LogP contribution in [0.3, 0.4) is 0 Å². The minimum atomic E-state index is -3.72. The number of hydrogen-bond acceptors (Lipinski definition) is 5. The van der Waals surface area contributed by atoms with Gasteiger partial charge in [0.15, 0.2) is 6.04 Å². The van der Waals surface area contributed by atoms with Crippen LogP contribution >= 0.6 is 0 Å². The number of aliphatic carboxylic acids is 1. The highest BCUT2D eigenvalue weighted by molar-refractivity contribution is 7.89. The number of carboxylic acid groups (broad SMARTS) is 1. The Balaban J connectivity index is 2.85. The number of ether oxygens (including phenoxy) is 1. The van der Waals surface area contributed by atoms with E-state index in [0.29, 0.717) is 0 Å². The Labute approximate surface area is 153 Å². The van der Waals surface area contributed by atoms with E-state index in [4.69, 9.17) is 9.84 Å². The number of amides is 1. The zero-order valence-electron chi connectivity index (χ0n) is 15.0. The average molecular weight is 384 g/mol. The molecule has 1 atom stereocenters. The van der Waals surface area contributed by atoms with E-state index in [0.717, 1.165) is 0 Å². The van der Waals surface area contributed by atoms with Crippen molar-refractivity contribution in [1.29, 1.82) is 0 Å². The van der Waals surface area contributed by atoms with Gasteiger partial charge >= 0.3 is 5.97 Å². The molecular formula is C17H24N2O6S. The zero-order chi connectivity index (χ0) is 20.0. The van der Waals surface area contributed by atoms with Crippen LogP contribution in [0.1, 0.15) is 31.1 Å². The van der Waals surface area contributed by atoms with Gasteiger partial charge in [0.05, 0.1) is 18.1 Å². The summed E-state index contributed by atoms with van der Waals surface area (Å²) < 4.78 is 32.0. The van der Waals surface area contributed by atoms with Crippen molar-refractivity contribution in [3.8, 4) is 0 Å². The van der Waals surface area contributed by atoms with E-state index in [1.165, 1.54) is 30.3 Å². The molecular weight excluding hydrogens is 360 g/mol. The number of sulfonamides is 1. The Kier molecular flexibility index (Phi) is 7.49. The highest BCUT2D eigenvalue weighted by atomic mass is 32.2. The van der Waals surface area contributed by atoms with Crippen molar-refractivity contribution in [1.82, 2.24) is 10.0 Å². The van der Waals surface area contributed by atoms with Crippen molar-refractivity contribution in [3.63, 3.8) is 0 Å². The van der Waals surface area contributed by atoms with Gasteiger partial charge in [-0.2, -0.15) is 0 Å². The van der Waals surface area contributed by atoms with E-state index in [1.54, 1.807) is 20.8 Å². The Morgan fingerprint density at radius 3 is 2.31 bits per heavy atom. The summed E-state index contributed by atoms with van der Waals surface area (Å²) in [5, 5.41) is 11.4. The van der Waals surface area contributed by atoms with Crippen LogP contribution in [-0.4, -0.2) is 50.2 Å². The smallest absolute Gasteiger partial charge is 0.328 e. The molecule has 8 nitrogen and oxygen atoms in total. The summed E-state index contributed by atoms with van der Waals surface area (Å²) in [5.41, 5.74) is -0.510. The first-order chi connectivity index (χ1) is 12.0. The van der Waals surface area contributed by atoms with E-state index >= 15 is 0 Å². The number of carbonyl (C=O) groups excluding carboxylic acids is 1.